The van der Waals surface area contributed by atoms with Crippen LogP contribution in [0.5, 0.6) is 5.75 Å². The molecule has 0 bridgehead atoms. The number of para-hydroxylation sites is 2. The maximum Gasteiger partial charge on any atom is 0.144 e. The summed E-state index contributed by atoms with van der Waals surface area (Å²) in [6, 6.07) is 7.78. The number of hydrogen-bond acceptors (Lipinski definition) is 2. The van der Waals surface area contributed by atoms with Crippen molar-refractivity contribution < 1.29 is 4.74 Å². The largest absolute Gasteiger partial charge is 0.494 e. The van der Waals surface area contributed by atoms with Gasteiger partial charge in [-0.05, 0) is 24.5 Å². The van der Waals surface area contributed by atoms with E-state index < -0.39 is 0 Å². The van der Waals surface area contributed by atoms with E-state index in [0.717, 1.165) is 17.9 Å². The zero-order valence-corrected chi connectivity index (χ0v) is 9.03. The first-order valence-electron chi connectivity index (χ1n) is 4.89. The standard InChI is InChI=1S/C12H17NO/c1-10(2)8-9-13-11-6-4-5-7-12(11)14-3/h4-7,9-10H,8H2,1-3H3. The molecule has 1 aromatic carbocycles. The zero-order valence-electron chi connectivity index (χ0n) is 9.03. The van der Waals surface area contributed by atoms with Crippen LogP contribution in [0.2, 0.25) is 0 Å². The normalized spacial score (nSPS) is 11.1. The number of methoxy groups -OCH3 is 1. The molecule has 0 amide bonds. The summed E-state index contributed by atoms with van der Waals surface area (Å²) in [7, 11) is 1.66. The Bertz CT molecular complexity index is 305. The van der Waals surface area contributed by atoms with Crippen LogP contribution in [0.3, 0.4) is 0 Å². The van der Waals surface area contributed by atoms with Gasteiger partial charge in [0, 0.05) is 6.21 Å². The molecule has 0 saturated carbocycles. The third kappa shape index (κ3) is 3.21. The molecule has 0 aromatic heterocycles. The number of rotatable bonds is 4. The average Bonchev–Trinajstić information content (AvgIpc) is 2.18. The Morgan fingerprint density at radius 2 is 2.07 bits per heavy atom. The quantitative estimate of drug-likeness (QED) is 0.668. The van der Waals surface area contributed by atoms with Gasteiger partial charge in [0.15, 0.2) is 0 Å². The first-order valence-corrected chi connectivity index (χ1v) is 4.89. The van der Waals surface area contributed by atoms with Crippen LogP contribution in [0.15, 0.2) is 29.3 Å². The van der Waals surface area contributed by atoms with E-state index >= 15 is 0 Å². The Hall–Kier alpha value is -1.31. The van der Waals surface area contributed by atoms with E-state index in [1.807, 2.05) is 30.5 Å². The zero-order chi connectivity index (χ0) is 10.4. The Kier molecular flexibility index (Phi) is 4.17. The van der Waals surface area contributed by atoms with E-state index in [0.29, 0.717) is 5.92 Å². The minimum absolute atomic E-state index is 0.647. The van der Waals surface area contributed by atoms with Gasteiger partial charge in [-0.3, -0.25) is 4.99 Å². The Morgan fingerprint density at radius 1 is 1.36 bits per heavy atom. The molecular formula is C12H17NO. The summed E-state index contributed by atoms with van der Waals surface area (Å²) in [5.74, 6) is 1.47. The molecule has 0 fully saturated rings. The predicted octanol–water partition coefficient (Wildman–Crippen LogP) is 3.44. The summed E-state index contributed by atoms with van der Waals surface area (Å²) in [6.07, 6.45) is 2.95. The van der Waals surface area contributed by atoms with Crippen molar-refractivity contribution in [3.8, 4) is 5.75 Å². The van der Waals surface area contributed by atoms with Crippen molar-refractivity contribution in [2.45, 2.75) is 20.3 Å². The molecule has 0 aliphatic rings. The first-order chi connectivity index (χ1) is 6.74. The third-order valence-corrected chi connectivity index (χ3v) is 1.89. The highest BCUT2D eigenvalue weighted by Crippen LogP contribution is 2.25. The summed E-state index contributed by atoms with van der Waals surface area (Å²) in [4.78, 5) is 4.37. The fourth-order valence-electron chi connectivity index (χ4n) is 1.10. The lowest BCUT2D eigenvalue weighted by molar-refractivity contribution is 0.416. The van der Waals surface area contributed by atoms with Gasteiger partial charge in [0.2, 0.25) is 0 Å². The van der Waals surface area contributed by atoms with Gasteiger partial charge in [0.25, 0.3) is 0 Å². The SMILES string of the molecule is COc1ccccc1N=CCC(C)C. The van der Waals surface area contributed by atoms with Crippen molar-refractivity contribution in [2.75, 3.05) is 7.11 Å². The van der Waals surface area contributed by atoms with Crippen molar-refractivity contribution in [3.05, 3.63) is 24.3 Å². The molecule has 0 aliphatic heterocycles. The third-order valence-electron chi connectivity index (χ3n) is 1.89. The second-order valence-electron chi connectivity index (χ2n) is 3.61. The average molecular weight is 191 g/mol. The fraction of sp³-hybridized carbons (Fsp3) is 0.417. The van der Waals surface area contributed by atoms with Crippen LogP contribution < -0.4 is 4.74 Å². The van der Waals surface area contributed by atoms with Gasteiger partial charge in [-0.15, -0.1) is 0 Å². The molecule has 0 unspecified atom stereocenters. The number of aliphatic imine (C=N–C) groups is 1. The maximum atomic E-state index is 5.19. The van der Waals surface area contributed by atoms with Crippen LogP contribution in [-0.2, 0) is 0 Å². The molecule has 76 valence electrons. The molecule has 0 radical (unpaired) electrons. The Morgan fingerprint density at radius 3 is 2.71 bits per heavy atom. The summed E-state index contributed by atoms with van der Waals surface area (Å²) in [5, 5.41) is 0. The van der Waals surface area contributed by atoms with Crippen molar-refractivity contribution >= 4 is 11.9 Å². The van der Waals surface area contributed by atoms with E-state index in [2.05, 4.69) is 18.8 Å². The smallest absolute Gasteiger partial charge is 0.144 e. The van der Waals surface area contributed by atoms with Crippen LogP contribution in [0.4, 0.5) is 5.69 Å². The predicted molar refractivity (Wildman–Crippen MR) is 60.6 cm³/mol. The lowest BCUT2D eigenvalue weighted by atomic mass is 10.1. The van der Waals surface area contributed by atoms with Gasteiger partial charge >= 0.3 is 0 Å². The first kappa shape index (κ1) is 10.8. The minimum Gasteiger partial charge on any atom is -0.494 e. The van der Waals surface area contributed by atoms with Gasteiger partial charge < -0.3 is 4.74 Å². The highest BCUT2D eigenvalue weighted by molar-refractivity contribution is 5.66. The Labute approximate surface area is 85.6 Å². The summed E-state index contributed by atoms with van der Waals surface area (Å²) in [6.45, 7) is 4.35. The highest BCUT2D eigenvalue weighted by Gasteiger charge is 1.97. The summed E-state index contributed by atoms with van der Waals surface area (Å²) in [5.41, 5.74) is 0.899. The molecule has 1 aromatic rings. The monoisotopic (exact) mass is 191 g/mol. The van der Waals surface area contributed by atoms with E-state index in [9.17, 15) is 0 Å². The van der Waals surface area contributed by atoms with Crippen LogP contribution in [0.25, 0.3) is 0 Å². The lowest BCUT2D eigenvalue weighted by Gasteiger charge is -2.03. The molecular weight excluding hydrogens is 174 g/mol. The topological polar surface area (TPSA) is 21.6 Å². The van der Waals surface area contributed by atoms with Crippen LogP contribution in [0.1, 0.15) is 20.3 Å². The molecule has 0 N–H and O–H groups in total. The van der Waals surface area contributed by atoms with Gasteiger partial charge in [0.1, 0.15) is 11.4 Å². The van der Waals surface area contributed by atoms with Crippen LogP contribution in [0, 0.1) is 5.92 Å². The van der Waals surface area contributed by atoms with Gasteiger partial charge in [-0.1, -0.05) is 26.0 Å². The van der Waals surface area contributed by atoms with E-state index in [-0.39, 0.29) is 0 Å². The van der Waals surface area contributed by atoms with Crippen molar-refractivity contribution in [3.63, 3.8) is 0 Å². The number of ether oxygens (including phenoxy) is 1. The molecule has 2 nitrogen and oxygen atoms in total. The highest BCUT2D eigenvalue weighted by atomic mass is 16.5. The molecule has 0 atom stereocenters. The number of hydrogen-bond donors (Lipinski definition) is 0. The molecule has 0 spiro atoms. The van der Waals surface area contributed by atoms with Gasteiger partial charge in [-0.25, -0.2) is 0 Å². The number of benzene rings is 1. The lowest BCUT2D eigenvalue weighted by Crippen LogP contribution is -1.87. The maximum absolute atomic E-state index is 5.19. The molecule has 0 heterocycles. The van der Waals surface area contributed by atoms with Crippen LogP contribution in [-0.4, -0.2) is 13.3 Å². The van der Waals surface area contributed by atoms with E-state index in [1.165, 1.54) is 0 Å². The van der Waals surface area contributed by atoms with Crippen molar-refractivity contribution in [1.82, 2.24) is 0 Å². The fourth-order valence-corrected chi connectivity index (χ4v) is 1.10. The van der Waals surface area contributed by atoms with E-state index in [1.54, 1.807) is 7.11 Å². The molecule has 14 heavy (non-hydrogen) atoms. The van der Waals surface area contributed by atoms with E-state index in [4.69, 9.17) is 4.74 Å². The van der Waals surface area contributed by atoms with Gasteiger partial charge in [0.05, 0.1) is 7.11 Å². The summed E-state index contributed by atoms with van der Waals surface area (Å²) < 4.78 is 5.19. The van der Waals surface area contributed by atoms with Gasteiger partial charge in [-0.2, -0.15) is 0 Å². The van der Waals surface area contributed by atoms with Crippen LogP contribution >= 0.6 is 0 Å². The van der Waals surface area contributed by atoms with Crippen molar-refractivity contribution in [2.24, 2.45) is 10.9 Å². The molecule has 1 rings (SSSR count). The molecule has 0 saturated heterocycles. The van der Waals surface area contributed by atoms with Crippen molar-refractivity contribution in [1.29, 1.82) is 0 Å². The second kappa shape index (κ2) is 5.43. The Balaban J connectivity index is 2.70. The molecule has 2 heteroatoms. The summed E-state index contributed by atoms with van der Waals surface area (Å²) >= 11 is 0. The number of nitrogens with zero attached hydrogens (tertiary/aromatic N) is 1. The molecule has 0 aliphatic carbocycles. The minimum atomic E-state index is 0.647. The second-order valence-corrected chi connectivity index (χ2v) is 3.61.